The molecule has 4 nitrogen and oxygen atoms in total. The van der Waals surface area contributed by atoms with Gasteiger partial charge < -0.3 is 5.32 Å². The summed E-state index contributed by atoms with van der Waals surface area (Å²) in [5.41, 5.74) is 3.41. The topological polar surface area (TPSA) is 42.7 Å². The molecular weight excluding hydrogens is 248 g/mol. The zero-order valence-electron chi connectivity index (χ0n) is 12.2. The molecule has 1 aromatic carbocycles. The molecule has 1 aliphatic rings. The minimum atomic E-state index is 0.526. The van der Waals surface area contributed by atoms with Crippen LogP contribution in [0.3, 0.4) is 0 Å². The fraction of sp³-hybridized carbons (Fsp3) is 0.500. The minimum Gasteiger partial charge on any atom is -0.311 e. The first-order valence-electron chi connectivity index (χ1n) is 7.44. The molecule has 0 spiro atoms. The summed E-state index contributed by atoms with van der Waals surface area (Å²) in [6.07, 6.45) is 4.77. The second kappa shape index (κ2) is 5.75. The number of benzene rings is 1. The van der Waals surface area contributed by atoms with Crippen LogP contribution in [-0.2, 0) is 6.54 Å². The van der Waals surface area contributed by atoms with Crippen molar-refractivity contribution in [3.8, 4) is 5.69 Å². The van der Waals surface area contributed by atoms with Gasteiger partial charge in [-0.25, -0.2) is 4.68 Å². The second-order valence-electron chi connectivity index (χ2n) is 5.98. The summed E-state index contributed by atoms with van der Waals surface area (Å²) < 4.78 is 1.86. The third-order valence-electron chi connectivity index (χ3n) is 3.78. The standard InChI is InChI=1S/C16H22N4/c1-12(2)14-4-3-5-16(8-14)20-11-15(18-19-20)10-17-9-13-6-7-13/h3-5,8,11-13,17H,6-7,9-10H2,1-2H3. The van der Waals surface area contributed by atoms with E-state index >= 15 is 0 Å². The molecule has 0 aliphatic heterocycles. The highest BCUT2D eigenvalue weighted by Crippen LogP contribution is 2.27. The molecule has 20 heavy (non-hydrogen) atoms. The van der Waals surface area contributed by atoms with Crippen molar-refractivity contribution in [3.63, 3.8) is 0 Å². The van der Waals surface area contributed by atoms with Crippen molar-refractivity contribution >= 4 is 0 Å². The van der Waals surface area contributed by atoms with Gasteiger partial charge in [-0.1, -0.05) is 31.2 Å². The Bertz CT molecular complexity index is 569. The van der Waals surface area contributed by atoms with E-state index in [0.29, 0.717) is 5.92 Å². The minimum absolute atomic E-state index is 0.526. The predicted octanol–water partition coefficient (Wildman–Crippen LogP) is 2.89. The first-order chi connectivity index (χ1) is 9.72. The summed E-state index contributed by atoms with van der Waals surface area (Å²) in [6, 6.07) is 8.49. The lowest BCUT2D eigenvalue weighted by Crippen LogP contribution is -2.16. The van der Waals surface area contributed by atoms with Gasteiger partial charge in [0.15, 0.2) is 0 Å². The van der Waals surface area contributed by atoms with Crippen molar-refractivity contribution in [2.75, 3.05) is 6.54 Å². The molecule has 1 aliphatic carbocycles. The van der Waals surface area contributed by atoms with Gasteiger partial charge in [-0.15, -0.1) is 5.10 Å². The molecule has 1 saturated carbocycles. The summed E-state index contributed by atoms with van der Waals surface area (Å²) in [6.45, 7) is 6.32. The number of rotatable bonds is 6. The highest BCUT2D eigenvalue weighted by Gasteiger charge is 2.20. The van der Waals surface area contributed by atoms with E-state index in [-0.39, 0.29) is 0 Å². The molecule has 1 aromatic heterocycles. The Kier molecular flexibility index (Phi) is 3.83. The Morgan fingerprint density at radius 2 is 2.20 bits per heavy atom. The van der Waals surface area contributed by atoms with Crippen LogP contribution in [0.15, 0.2) is 30.5 Å². The zero-order chi connectivity index (χ0) is 13.9. The molecular formula is C16H22N4. The van der Waals surface area contributed by atoms with Crippen LogP contribution in [0.5, 0.6) is 0 Å². The highest BCUT2D eigenvalue weighted by atomic mass is 15.4. The molecule has 0 saturated heterocycles. The molecule has 0 radical (unpaired) electrons. The van der Waals surface area contributed by atoms with E-state index in [1.54, 1.807) is 0 Å². The zero-order valence-corrected chi connectivity index (χ0v) is 12.2. The lowest BCUT2D eigenvalue weighted by Gasteiger charge is -2.07. The van der Waals surface area contributed by atoms with Gasteiger partial charge in [0.1, 0.15) is 0 Å². The maximum atomic E-state index is 4.23. The fourth-order valence-electron chi connectivity index (χ4n) is 2.26. The molecule has 2 aromatic rings. The molecule has 0 unspecified atom stereocenters. The lowest BCUT2D eigenvalue weighted by atomic mass is 10.0. The lowest BCUT2D eigenvalue weighted by molar-refractivity contribution is 0.628. The summed E-state index contributed by atoms with van der Waals surface area (Å²) in [4.78, 5) is 0. The first-order valence-corrected chi connectivity index (χ1v) is 7.44. The quantitative estimate of drug-likeness (QED) is 0.877. The Balaban J connectivity index is 1.67. The van der Waals surface area contributed by atoms with Crippen LogP contribution in [0.2, 0.25) is 0 Å². The average molecular weight is 270 g/mol. The molecule has 1 N–H and O–H groups in total. The maximum Gasteiger partial charge on any atom is 0.0969 e. The largest absolute Gasteiger partial charge is 0.311 e. The van der Waals surface area contributed by atoms with Gasteiger partial charge in [0.25, 0.3) is 0 Å². The summed E-state index contributed by atoms with van der Waals surface area (Å²) in [5, 5.41) is 11.9. The molecule has 0 atom stereocenters. The highest BCUT2D eigenvalue weighted by molar-refractivity contribution is 5.36. The van der Waals surface area contributed by atoms with E-state index in [1.165, 1.54) is 18.4 Å². The van der Waals surface area contributed by atoms with E-state index in [9.17, 15) is 0 Å². The van der Waals surface area contributed by atoms with Crippen LogP contribution in [0, 0.1) is 5.92 Å². The van der Waals surface area contributed by atoms with Crippen LogP contribution < -0.4 is 5.32 Å². The van der Waals surface area contributed by atoms with Crippen molar-refractivity contribution < 1.29 is 0 Å². The number of nitrogens with one attached hydrogen (secondary N) is 1. The smallest absolute Gasteiger partial charge is 0.0969 e. The van der Waals surface area contributed by atoms with Crippen LogP contribution in [-0.4, -0.2) is 21.5 Å². The van der Waals surface area contributed by atoms with E-state index in [4.69, 9.17) is 0 Å². The predicted molar refractivity (Wildman–Crippen MR) is 79.9 cm³/mol. The number of nitrogens with zero attached hydrogens (tertiary/aromatic N) is 3. The van der Waals surface area contributed by atoms with Gasteiger partial charge in [0, 0.05) is 6.54 Å². The Hall–Kier alpha value is -1.68. The molecule has 0 bridgehead atoms. The second-order valence-corrected chi connectivity index (χ2v) is 5.98. The van der Waals surface area contributed by atoms with E-state index in [0.717, 1.165) is 30.4 Å². The van der Waals surface area contributed by atoms with Crippen molar-refractivity contribution in [3.05, 3.63) is 41.7 Å². The van der Waals surface area contributed by atoms with Crippen LogP contribution in [0.4, 0.5) is 0 Å². The van der Waals surface area contributed by atoms with Gasteiger partial charge in [-0.3, -0.25) is 0 Å². The monoisotopic (exact) mass is 270 g/mol. The van der Waals surface area contributed by atoms with Gasteiger partial charge in [-0.2, -0.15) is 0 Å². The third kappa shape index (κ3) is 3.25. The van der Waals surface area contributed by atoms with E-state index in [1.807, 2.05) is 10.9 Å². The Labute approximate surface area is 120 Å². The average Bonchev–Trinajstić information content (AvgIpc) is 3.15. The first kappa shape index (κ1) is 13.3. The molecule has 3 rings (SSSR count). The van der Waals surface area contributed by atoms with Crippen LogP contribution in [0.1, 0.15) is 43.9 Å². The summed E-state index contributed by atoms with van der Waals surface area (Å²) >= 11 is 0. The van der Waals surface area contributed by atoms with Gasteiger partial charge in [-0.05, 0) is 48.9 Å². The van der Waals surface area contributed by atoms with Gasteiger partial charge >= 0.3 is 0 Å². The number of hydrogen-bond acceptors (Lipinski definition) is 3. The van der Waals surface area contributed by atoms with Crippen LogP contribution >= 0.6 is 0 Å². The Morgan fingerprint density at radius 3 is 2.95 bits per heavy atom. The molecule has 1 heterocycles. The Morgan fingerprint density at radius 1 is 1.35 bits per heavy atom. The normalized spacial score (nSPS) is 14.9. The van der Waals surface area contributed by atoms with E-state index in [2.05, 4.69) is 53.7 Å². The third-order valence-corrected chi connectivity index (χ3v) is 3.78. The van der Waals surface area contributed by atoms with Crippen molar-refractivity contribution in [2.45, 2.75) is 39.2 Å². The summed E-state index contributed by atoms with van der Waals surface area (Å²) in [5.74, 6) is 1.42. The van der Waals surface area contributed by atoms with Crippen molar-refractivity contribution in [1.82, 2.24) is 20.3 Å². The number of aromatic nitrogens is 3. The van der Waals surface area contributed by atoms with Gasteiger partial charge in [0.2, 0.25) is 0 Å². The van der Waals surface area contributed by atoms with Crippen molar-refractivity contribution in [1.29, 1.82) is 0 Å². The van der Waals surface area contributed by atoms with E-state index < -0.39 is 0 Å². The van der Waals surface area contributed by atoms with Crippen LogP contribution in [0.25, 0.3) is 5.69 Å². The molecule has 4 heteroatoms. The number of hydrogen-bond donors (Lipinski definition) is 1. The molecule has 106 valence electrons. The maximum absolute atomic E-state index is 4.23. The summed E-state index contributed by atoms with van der Waals surface area (Å²) in [7, 11) is 0. The van der Waals surface area contributed by atoms with Crippen molar-refractivity contribution in [2.24, 2.45) is 5.92 Å². The molecule has 0 amide bonds. The molecule has 1 fully saturated rings. The SMILES string of the molecule is CC(C)c1cccc(-n2cc(CNCC3CC3)nn2)c1. The van der Waals surface area contributed by atoms with Gasteiger partial charge in [0.05, 0.1) is 17.6 Å². The fourth-order valence-corrected chi connectivity index (χ4v) is 2.26.